The van der Waals surface area contributed by atoms with Crippen molar-refractivity contribution in [1.29, 1.82) is 0 Å². The van der Waals surface area contributed by atoms with Crippen LogP contribution in [0.1, 0.15) is 28.9 Å². The van der Waals surface area contributed by atoms with Gasteiger partial charge < -0.3 is 10.6 Å². The number of hydrogen-bond acceptors (Lipinski definition) is 4. The minimum Gasteiger partial charge on any atom is -0.337 e. The highest BCUT2D eigenvalue weighted by atomic mass is 32.1. The smallest absolute Gasteiger partial charge is 0.337 e. The van der Waals surface area contributed by atoms with E-state index in [1.807, 2.05) is 0 Å². The fourth-order valence-electron chi connectivity index (χ4n) is 2.60. The number of rotatable bonds is 2. The van der Waals surface area contributed by atoms with Gasteiger partial charge in [0, 0.05) is 30.1 Å². The molecule has 2 heterocycles. The lowest BCUT2D eigenvalue weighted by Crippen LogP contribution is -2.42. The van der Waals surface area contributed by atoms with Crippen LogP contribution in [-0.4, -0.2) is 34.9 Å². The van der Waals surface area contributed by atoms with Crippen LogP contribution in [0.3, 0.4) is 0 Å². The SMILES string of the molecule is NC1CCN(C(=O)c2csc(-c3cccc(C(F)(F)F)c3)n2)CC1. The van der Waals surface area contributed by atoms with Crippen LogP contribution in [0.2, 0.25) is 0 Å². The lowest BCUT2D eigenvalue weighted by Gasteiger charge is -2.29. The van der Waals surface area contributed by atoms with Crippen molar-refractivity contribution < 1.29 is 18.0 Å². The molecule has 8 heteroatoms. The summed E-state index contributed by atoms with van der Waals surface area (Å²) in [5.74, 6) is -0.198. The average Bonchev–Trinajstić information content (AvgIpc) is 3.04. The van der Waals surface area contributed by atoms with Crippen molar-refractivity contribution in [3.8, 4) is 10.6 Å². The first-order valence-corrected chi connectivity index (χ1v) is 8.40. The first kappa shape index (κ1) is 16.9. The maximum absolute atomic E-state index is 12.8. The molecule has 1 aromatic heterocycles. The third-order valence-electron chi connectivity index (χ3n) is 3.99. The topological polar surface area (TPSA) is 59.2 Å². The summed E-state index contributed by atoms with van der Waals surface area (Å²) in [5.41, 5.74) is 5.72. The Bertz CT molecular complexity index is 736. The highest BCUT2D eigenvalue weighted by Crippen LogP contribution is 2.33. The second-order valence-electron chi connectivity index (χ2n) is 5.75. The Balaban J connectivity index is 1.79. The van der Waals surface area contributed by atoms with Crippen molar-refractivity contribution in [2.24, 2.45) is 5.73 Å². The molecule has 0 unspecified atom stereocenters. The number of nitrogens with zero attached hydrogens (tertiary/aromatic N) is 2. The maximum atomic E-state index is 12.8. The number of nitrogens with two attached hydrogens (primary N) is 1. The molecule has 2 N–H and O–H groups in total. The van der Waals surface area contributed by atoms with Gasteiger partial charge in [-0.2, -0.15) is 13.2 Å². The lowest BCUT2D eigenvalue weighted by atomic mass is 10.1. The highest BCUT2D eigenvalue weighted by Gasteiger charge is 2.31. The minimum atomic E-state index is -4.40. The van der Waals surface area contributed by atoms with Crippen molar-refractivity contribution in [2.45, 2.75) is 25.1 Å². The molecule has 1 amide bonds. The van der Waals surface area contributed by atoms with E-state index >= 15 is 0 Å². The van der Waals surface area contributed by atoms with E-state index in [0.717, 1.165) is 36.3 Å². The number of benzene rings is 1. The monoisotopic (exact) mass is 355 g/mol. The zero-order valence-corrected chi connectivity index (χ0v) is 13.5. The van der Waals surface area contributed by atoms with Crippen LogP contribution in [0.15, 0.2) is 29.6 Å². The van der Waals surface area contributed by atoms with Crippen LogP contribution in [0.4, 0.5) is 13.2 Å². The van der Waals surface area contributed by atoms with Crippen molar-refractivity contribution in [1.82, 2.24) is 9.88 Å². The number of piperidine rings is 1. The number of carbonyl (C=O) groups is 1. The molecule has 0 aliphatic carbocycles. The van der Waals surface area contributed by atoms with Gasteiger partial charge in [-0.25, -0.2) is 4.98 Å². The van der Waals surface area contributed by atoms with E-state index < -0.39 is 11.7 Å². The molecule has 0 atom stereocenters. The van der Waals surface area contributed by atoms with Crippen LogP contribution in [0.5, 0.6) is 0 Å². The molecule has 0 spiro atoms. The van der Waals surface area contributed by atoms with E-state index in [4.69, 9.17) is 5.73 Å². The number of hydrogen-bond donors (Lipinski definition) is 1. The van der Waals surface area contributed by atoms with E-state index in [1.165, 1.54) is 6.07 Å². The number of alkyl halides is 3. The van der Waals surface area contributed by atoms with Gasteiger partial charge >= 0.3 is 6.18 Å². The molecule has 1 fully saturated rings. The lowest BCUT2D eigenvalue weighted by molar-refractivity contribution is -0.137. The van der Waals surface area contributed by atoms with Crippen molar-refractivity contribution >= 4 is 17.2 Å². The Labute approximate surface area is 141 Å². The Kier molecular flexibility index (Phi) is 4.60. The molecule has 0 radical (unpaired) electrons. The number of amides is 1. The summed E-state index contributed by atoms with van der Waals surface area (Å²) in [6.07, 6.45) is -2.91. The van der Waals surface area contributed by atoms with E-state index in [1.54, 1.807) is 16.3 Å². The Morgan fingerprint density at radius 2 is 2.00 bits per heavy atom. The fraction of sp³-hybridized carbons (Fsp3) is 0.375. The number of halogens is 3. The summed E-state index contributed by atoms with van der Waals surface area (Å²) in [7, 11) is 0. The Morgan fingerprint density at radius 3 is 2.67 bits per heavy atom. The molecule has 1 aliphatic rings. The molecule has 24 heavy (non-hydrogen) atoms. The van der Waals surface area contributed by atoms with E-state index in [2.05, 4.69) is 4.98 Å². The number of thiazole rings is 1. The largest absolute Gasteiger partial charge is 0.416 e. The zero-order chi connectivity index (χ0) is 17.3. The van der Waals surface area contributed by atoms with Crippen LogP contribution in [-0.2, 0) is 6.18 Å². The van der Waals surface area contributed by atoms with E-state index in [9.17, 15) is 18.0 Å². The predicted octanol–water partition coefficient (Wildman–Crippen LogP) is 3.39. The second kappa shape index (κ2) is 6.52. The molecule has 3 rings (SSSR count). The Morgan fingerprint density at radius 1 is 1.29 bits per heavy atom. The van der Waals surface area contributed by atoms with Gasteiger partial charge in [0.05, 0.1) is 5.56 Å². The van der Waals surface area contributed by atoms with Gasteiger partial charge in [0.15, 0.2) is 0 Å². The first-order valence-electron chi connectivity index (χ1n) is 7.52. The van der Waals surface area contributed by atoms with Gasteiger partial charge in [-0.1, -0.05) is 12.1 Å². The van der Waals surface area contributed by atoms with Crippen LogP contribution in [0.25, 0.3) is 10.6 Å². The number of aromatic nitrogens is 1. The molecule has 1 saturated heterocycles. The third-order valence-corrected chi connectivity index (χ3v) is 4.88. The summed E-state index contributed by atoms with van der Waals surface area (Å²) < 4.78 is 38.4. The molecule has 128 valence electrons. The average molecular weight is 355 g/mol. The summed E-state index contributed by atoms with van der Waals surface area (Å²) in [6.45, 7) is 1.16. The van der Waals surface area contributed by atoms with Gasteiger partial charge in [-0.15, -0.1) is 11.3 Å². The molecule has 0 saturated carbocycles. The summed E-state index contributed by atoms with van der Waals surface area (Å²) in [5, 5.41) is 1.99. The van der Waals surface area contributed by atoms with Crippen LogP contribution < -0.4 is 5.73 Å². The molecular formula is C16H16F3N3OS. The number of carbonyl (C=O) groups excluding carboxylic acids is 1. The predicted molar refractivity (Wildman–Crippen MR) is 85.7 cm³/mol. The van der Waals surface area contributed by atoms with Crippen molar-refractivity contribution in [3.63, 3.8) is 0 Å². The summed E-state index contributed by atoms with van der Waals surface area (Å²) >= 11 is 1.16. The quantitative estimate of drug-likeness (QED) is 0.898. The normalized spacial score (nSPS) is 16.4. The molecule has 1 aromatic carbocycles. The standard InChI is InChI=1S/C16H16F3N3OS/c17-16(18,19)11-3-1-2-10(8-11)14-21-13(9-24-14)15(23)22-6-4-12(20)5-7-22/h1-3,8-9,12H,4-7,20H2. The molecule has 4 nitrogen and oxygen atoms in total. The van der Waals surface area contributed by atoms with Gasteiger partial charge in [-0.3, -0.25) is 4.79 Å². The summed E-state index contributed by atoms with van der Waals surface area (Å²) in [4.78, 5) is 18.3. The van der Waals surface area contributed by atoms with Crippen LogP contribution in [0, 0.1) is 0 Å². The van der Waals surface area contributed by atoms with Gasteiger partial charge in [0.1, 0.15) is 10.7 Å². The molecular weight excluding hydrogens is 339 g/mol. The van der Waals surface area contributed by atoms with E-state index in [0.29, 0.717) is 23.7 Å². The van der Waals surface area contributed by atoms with Crippen molar-refractivity contribution in [2.75, 3.05) is 13.1 Å². The van der Waals surface area contributed by atoms with E-state index in [-0.39, 0.29) is 17.6 Å². The van der Waals surface area contributed by atoms with Gasteiger partial charge in [0.2, 0.25) is 0 Å². The maximum Gasteiger partial charge on any atom is 0.416 e. The Hall–Kier alpha value is -1.93. The first-order chi connectivity index (χ1) is 11.3. The van der Waals surface area contributed by atoms with Crippen molar-refractivity contribution in [3.05, 3.63) is 40.9 Å². The second-order valence-corrected chi connectivity index (χ2v) is 6.60. The molecule has 1 aliphatic heterocycles. The highest BCUT2D eigenvalue weighted by molar-refractivity contribution is 7.13. The fourth-order valence-corrected chi connectivity index (χ4v) is 3.39. The molecule has 2 aromatic rings. The zero-order valence-electron chi connectivity index (χ0n) is 12.7. The third kappa shape index (κ3) is 3.59. The van der Waals surface area contributed by atoms with Gasteiger partial charge in [0.25, 0.3) is 5.91 Å². The number of likely N-dealkylation sites (tertiary alicyclic amines) is 1. The summed E-state index contributed by atoms with van der Waals surface area (Å²) in [6, 6.07) is 5.08. The van der Waals surface area contributed by atoms with Crippen LogP contribution >= 0.6 is 11.3 Å². The molecule has 0 bridgehead atoms. The minimum absolute atomic E-state index is 0.116. The van der Waals surface area contributed by atoms with Gasteiger partial charge in [-0.05, 0) is 25.0 Å².